The van der Waals surface area contributed by atoms with Gasteiger partial charge in [0.2, 0.25) is 6.04 Å². The fourth-order valence-corrected chi connectivity index (χ4v) is 9.98. The highest BCUT2D eigenvalue weighted by Gasteiger charge is 2.61. The number of ether oxygens (including phenoxy) is 2. The minimum Gasteiger partial charge on any atom is -0.371 e. The van der Waals surface area contributed by atoms with Crippen molar-refractivity contribution in [3.63, 3.8) is 0 Å². The number of nitro groups is 1. The van der Waals surface area contributed by atoms with Crippen LogP contribution in [-0.4, -0.2) is 143 Å². The lowest BCUT2D eigenvalue weighted by Crippen LogP contribution is -2.75. The third-order valence-corrected chi connectivity index (χ3v) is 12.3. The van der Waals surface area contributed by atoms with Gasteiger partial charge in [-0.2, -0.15) is 0 Å². The number of alkyl halides is 1. The predicted octanol–water partition coefficient (Wildman–Crippen LogP) is -0.0516. The van der Waals surface area contributed by atoms with Crippen LogP contribution in [0.2, 0.25) is 0 Å². The van der Waals surface area contributed by atoms with E-state index in [0.717, 1.165) is 19.6 Å². The van der Waals surface area contributed by atoms with Gasteiger partial charge in [-0.15, -0.1) is 0 Å². The number of carbonyl (C=O) groups excluding carboxylic acids is 2. The fraction of sp³-hybridized carbons (Fsp3) is 0.875. The number of carbonyl (C=O) groups is 2. The SMILES string of the molecule is N[C@H]1CCN(C(=O)C2=CN3C4CC5OC6CC([N+](=O)[O-])CCC6NC5CC4OC4C(NCCN5CCCC5)C(F)CC(C2=O)C43)C1. The van der Waals surface area contributed by atoms with Crippen LogP contribution in [0.15, 0.2) is 11.8 Å². The van der Waals surface area contributed by atoms with Crippen LogP contribution in [0.25, 0.3) is 0 Å². The van der Waals surface area contributed by atoms with E-state index in [1.54, 1.807) is 11.1 Å². The summed E-state index contributed by atoms with van der Waals surface area (Å²) in [4.78, 5) is 45.4. The summed E-state index contributed by atoms with van der Waals surface area (Å²) >= 11 is 0. The monoisotopic (exact) mass is 645 g/mol. The van der Waals surface area contributed by atoms with Crippen molar-refractivity contribution in [3.05, 3.63) is 21.9 Å². The summed E-state index contributed by atoms with van der Waals surface area (Å²) in [6, 6.07) is -1.76. The molecule has 3 saturated carbocycles. The molecule has 0 spiro atoms. The Morgan fingerprint density at radius 3 is 2.63 bits per heavy atom. The van der Waals surface area contributed by atoms with Crippen LogP contribution in [-0.2, 0) is 19.1 Å². The summed E-state index contributed by atoms with van der Waals surface area (Å²) in [6.07, 6.45) is 5.23. The van der Waals surface area contributed by atoms with E-state index in [1.807, 2.05) is 0 Å². The molecule has 8 rings (SSSR count). The van der Waals surface area contributed by atoms with Crippen LogP contribution in [0.5, 0.6) is 0 Å². The summed E-state index contributed by atoms with van der Waals surface area (Å²) in [5, 5.41) is 18.8. The van der Waals surface area contributed by atoms with Crippen molar-refractivity contribution in [1.29, 1.82) is 0 Å². The second kappa shape index (κ2) is 12.3. The van der Waals surface area contributed by atoms with Crippen molar-refractivity contribution in [2.75, 3.05) is 39.3 Å². The third-order valence-electron chi connectivity index (χ3n) is 12.3. The maximum atomic E-state index is 16.2. The van der Waals surface area contributed by atoms with Crippen molar-refractivity contribution in [2.45, 2.75) is 131 Å². The number of halogens is 1. The van der Waals surface area contributed by atoms with E-state index in [2.05, 4.69) is 20.4 Å². The quantitative estimate of drug-likeness (QED) is 0.202. The molecule has 14 heteroatoms. The average molecular weight is 646 g/mol. The molecule has 4 saturated heterocycles. The number of hydrogen-bond acceptors (Lipinski definition) is 11. The first-order valence-corrected chi connectivity index (χ1v) is 17.6. The lowest BCUT2D eigenvalue weighted by atomic mass is 9.69. The van der Waals surface area contributed by atoms with Crippen LogP contribution < -0.4 is 16.4 Å². The van der Waals surface area contributed by atoms with Crippen molar-refractivity contribution in [3.8, 4) is 0 Å². The zero-order valence-electron chi connectivity index (χ0n) is 26.4. The van der Waals surface area contributed by atoms with Gasteiger partial charge in [0, 0.05) is 74.2 Å². The first-order valence-electron chi connectivity index (χ1n) is 17.6. The Morgan fingerprint density at radius 1 is 1.07 bits per heavy atom. The van der Waals surface area contributed by atoms with E-state index in [4.69, 9.17) is 15.2 Å². The standard InChI is InChI=1S/C32H48FN7O6/c33-21-12-19-29-31(28(21)35-6-10-37-7-1-2-8-37)46-27-13-23-26(45-25-11-18(40(43)44)3-4-22(25)36-23)14-24(27)39(29)16-20(30(19)41)32(42)38-9-5-17(34)15-38/h16-19,21-29,31,35-36H,1-15,34H2/t17-,18?,19?,21?,22?,23?,24?,25?,26?,27?,28?,29?,31?/m0/s1. The predicted molar refractivity (Wildman–Crippen MR) is 164 cm³/mol. The van der Waals surface area contributed by atoms with Crippen molar-refractivity contribution >= 4 is 11.7 Å². The molecule has 0 radical (unpaired) electrons. The molecule has 5 aliphatic heterocycles. The van der Waals surface area contributed by atoms with Crippen molar-refractivity contribution in [1.82, 2.24) is 25.3 Å². The number of fused-ring (bicyclic) bond motifs is 4. The highest BCUT2D eigenvalue weighted by Crippen LogP contribution is 2.47. The normalized spacial score (nSPS) is 45.4. The van der Waals surface area contributed by atoms with E-state index >= 15 is 4.39 Å². The summed E-state index contributed by atoms with van der Waals surface area (Å²) < 4.78 is 29.7. The summed E-state index contributed by atoms with van der Waals surface area (Å²) in [7, 11) is 0. The zero-order valence-corrected chi connectivity index (χ0v) is 26.4. The molecule has 46 heavy (non-hydrogen) atoms. The second-order valence-electron chi connectivity index (χ2n) is 15.1. The van der Waals surface area contributed by atoms with Gasteiger partial charge < -0.3 is 40.5 Å². The molecule has 8 aliphatic rings. The van der Waals surface area contributed by atoms with Gasteiger partial charge in [0.25, 0.3) is 5.91 Å². The van der Waals surface area contributed by atoms with Crippen LogP contribution in [0, 0.1) is 16.0 Å². The maximum Gasteiger partial charge on any atom is 0.259 e. The van der Waals surface area contributed by atoms with Crippen LogP contribution in [0.4, 0.5) is 4.39 Å². The Morgan fingerprint density at radius 2 is 1.87 bits per heavy atom. The van der Waals surface area contributed by atoms with Crippen LogP contribution in [0.3, 0.4) is 0 Å². The number of ketones is 1. The van der Waals surface area contributed by atoms with Crippen molar-refractivity contribution < 1.29 is 28.4 Å². The highest BCUT2D eigenvalue weighted by atomic mass is 19.1. The molecule has 12 unspecified atom stereocenters. The number of nitrogens with one attached hydrogen (secondary N) is 2. The molecule has 4 N–H and O–H groups in total. The molecule has 13 atom stereocenters. The molecule has 13 nitrogen and oxygen atoms in total. The topological polar surface area (TPSA) is 156 Å². The van der Waals surface area contributed by atoms with Crippen LogP contribution in [0.1, 0.15) is 57.8 Å². The van der Waals surface area contributed by atoms with E-state index in [1.165, 1.54) is 12.8 Å². The molecule has 254 valence electrons. The van der Waals surface area contributed by atoms with E-state index in [0.29, 0.717) is 58.2 Å². The molecule has 5 heterocycles. The molecule has 7 fully saturated rings. The Hall–Kier alpha value is -2.23. The molecule has 0 aromatic carbocycles. The molecular weight excluding hydrogens is 597 g/mol. The molecule has 0 aromatic rings. The number of hydrogen-bond donors (Lipinski definition) is 3. The number of nitrogens with two attached hydrogens (primary N) is 1. The smallest absolute Gasteiger partial charge is 0.259 e. The lowest BCUT2D eigenvalue weighted by molar-refractivity contribution is -0.529. The van der Waals surface area contributed by atoms with E-state index in [9.17, 15) is 19.7 Å². The second-order valence-corrected chi connectivity index (χ2v) is 15.1. The summed E-state index contributed by atoms with van der Waals surface area (Å²) in [6.45, 7) is 4.53. The highest BCUT2D eigenvalue weighted by molar-refractivity contribution is 6.20. The van der Waals surface area contributed by atoms with Gasteiger partial charge >= 0.3 is 0 Å². The minimum absolute atomic E-state index is 0.0101. The maximum absolute atomic E-state index is 16.2. The first kappa shape index (κ1) is 31.1. The van der Waals surface area contributed by atoms with Gasteiger partial charge in [0.1, 0.15) is 6.17 Å². The Labute approximate surface area is 268 Å². The third kappa shape index (κ3) is 5.46. The molecule has 1 amide bonds. The van der Waals surface area contributed by atoms with Crippen LogP contribution >= 0.6 is 0 Å². The minimum atomic E-state index is -1.29. The number of amides is 1. The molecular formula is C32H48FN7O6. The lowest BCUT2D eigenvalue weighted by Gasteiger charge is -2.61. The number of rotatable bonds is 6. The Balaban J connectivity index is 1.07. The molecule has 0 aromatic heterocycles. The number of nitrogens with zero attached hydrogens (tertiary/aromatic N) is 4. The van der Waals surface area contributed by atoms with E-state index < -0.39 is 36.3 Å². The van der Waals surface area contributed by atoms with Gasteiger partial charge in [-0.05, 0) is 58.0 Å². The zero-order chi connectivity index (χ0) is 31.7. The number of likely N-dealkylation sites (tertiary alicyclic amines) is 2. The van der Waals surface area contributed by atoms with Crippen molar-refractivity contribution in [2.24, 2.45) is 11.7 Å². The summed E-state index contributed by atoms with van der Waals surface area (Å²) in [5.41, 5.74) is 6.23. The van der Waals surface area contributed by atoms with Gasteiger partial charge in [-0.25, -0.2) is 4.39 Å². The largest absolute Gasteiger partial charge is 0.371 e. The first-order chi connectivity index (χ1) is 22.2. The van der Waals surface area contributed by atoms with Gasteiger partial charge in [-0.3, -0.25) is 19.7 Å². The Kier molecular flexibility index (Phi) is 8.33. The molecule has 3 aliphatic carbocycles. The fourth-order valence-electron chi connectivity index (χ4n) is 9.98. The van der Waals surface area contributed by atoms with E-state index in [-0.39, 0.29) is 71.1 Å². The number of Topliss-reactive ketones (excluding diaryl/α,β-unsaturated/α-hetero) is 1. The number of morpholine rings is 2. The summed E-state index contributed by atoms with van der Waals surface area (Å²) in [5.74, 6) is -1.31. The average Bonchev–Trinajstić information content (AvgIpc) is 3.73. The van der Waals surface area contributed by atoms with Gasteiger partial charge in [-0.1, -0.05) is 0 Å². The van der Waals surface area contributed by atoms with Gasteiger partial charge in [0.15, 0.2) is 5.78 Å². The van der Waals surface area contributed by atoms with Gasteiger partial charge in [0.05, 0.1) is 48.1 Å². The Bertz CT molecular complexity index is 1250. The molecule has 0 bridgehead atoms.